The fraction of sp³-hybridized carbons (Fsp3) is 0.429. The molecule has 0 unspecified atom stereocenters. The Kier molecular flexibility index (Phi) is 8.06. The van der Waals surface area contributed by atoms with Crippen LogP contribution in [-0.4, -0.2) is 59.6 Å². The summed E-state index contributed by atoms with van der Waals surface area (Å²) in [6.45, 7) is 9.35. The van der Waals surface area contributed by atoms with Gasteiger partial charge in [-0.05, 0) is 76.9 Å². The predicted molar refractivity (Wildman–Crippen MR) is 140 cm³/mol. The first-order valence-electron chi connectivity index (χ1n) is 12.2. The Morgan fingerprint density at radius 3 is 1.39 bits per heavy atom. The second-order valence-corrected chi connectivity index (χ2v) is 10.3. The smallest absolute Gasteiger partial charge is 0.260 e. The van der Waals surface area contributed by atoms with Crippen molar-refractivity contribution in [1.82, 2.24) is 15.1 Å². The third-order valence-electron chi connectivity index (χ3n) is 7.18. The number of fused-ring (bicyclic) bond motifs is 2. The lowest BCUT2D eigenvalue weighted by Crippen LogP contribution is -2.52. The molecule has 8 heteroatoms. The van der Waals surface area contributed by atoms with E-state index < -0.39 is 10.8 Å². The van der Waals surface area contributed by atoms with E-state index in [0.29, 0.717) is 50.1 Å². The first kappa shape index (κ1) is 27.6. The molecule has 0 spiro atoms. The molecule has 192 valence electrons. The minimum absolute atomic E-state index is 0. The summed E-state index contributed by atoms with van der Waals surface area (Å²) >= 11 is 0. The molecule has 0 saturated heterocycles. The van der Waals surface area contributed by atoms with E-state index in [2.05, 4.69) is 5.32 Å². The van der Waals surface area contributed by atoms with Gasteiger partial charge in [0.25, 0.3) is 11.8 Å². The average molecular weight is 512 g/mol. The van der Waals surface area contributed by atoms with Crippen LogP contribution in [0.4, 0.5) is 0 Å². The van der Waals surface area contributed by atoms with E-state index in [4.69, 9.17) is 0 Å². The van der Waals surface area contributed by atoms with Gasteiger partial charge >= 0.3 is 0 Å². The normalized spacial score (nSPS) is 18.0. The highest BCUT2D eigenvalue weighted by atomic mass is 35.5. The van der Waals surface area contributed by atoms with Gasteiger partial charge in [-0.2, -0.15) is 0 Å². The molecule has 7 nitrogen and oxygen atoms in total. The van der Waals surface area contributed by atoms with Gasteiger partial charge < -0.3 is 5.32 Å². The van der Waals surface area contributed by atoms with Crippen LogP contribution in [-0.2, 0) is 20.4 Å². The van der Waals surface area contributed by atoms with Crippen molar-refractivity contribution in [2.45, 2.75) is 51.4 Å². The summed E-state index contributed by atoms with van der Waals surface area (Å²) in [4.78, 5) is 54.4. The summed E-state index contributed by atoms with van der Waals surface area (Å²) in [5.41, 5.74) is 1.25. The van der Waals surface area contributed by atoms with Crippen molar-refractivity contribution in [2.24, 2.45) is 0 Å². The van der Waals surface area contributed by atoms with Gasteiger partial charge in [-0.15, -0.1) is 12.4 Å². The Hall–Kier alpha value is -3.03. The summed E-state index contributed by atoms with van der Waals surface area (Å²) in [5, 5.41) is 3.31. The Labute approximate surface area is 218 Å². The first-order valence-corrected chi connectivity index (χ1v) is 12.2. The standard InChI is InChI=1S/C28H33N3O4.ClH/c1-27(2)21-13-7-5-11-19(21)23(32)30(25(27)34)17-9-15-29-16-10-18-31-24(33)20-12-6-8-14-22(20)28(3,4)26(31)35;/h5-8,11-14,29H,9-10,15-18H2,1-4H3;1H. The van der Waals surface area contributed by atoms with E-state index in [-0.39, 0.29) is 36.0 Å². The number of hydrogen-bond donors (Lipinski definition) is 1. The van der Waals surface area contributed by atoms with E-state index in [1.165, 1.54) is 9.80 Å². The lowest BCUT2D eigenvalue weighted by atomic mass is 9.77. The van der Waals surface area contributed by atoms with Crippen molar-refractivity contribution in [3.05, 3.63) is 70.8 Å². The summed E-state index contributed by atoms with van der Waals surface area (Å²) in [5.74, 6) is -0.831. The van der Waals surface area contributed by atoms with E-state index in [0.717, 1.165) is 11.1 Å². The first-order chi connectivity index (χ1) is 16.6. The highest BCUT2D eigenvalue weighted by Gasteiger charge is 2.44. The van der Waals surface area contributed by atoms with E-state index in [1.54, 1.807) is 12.1 Å². The van der Waals surface area contributed by atoms with Gasteiger partial charge in [-0.1, -0.05) is 36.4 Å². The number of nitrogens with one attached hydrogen (secondary N) is 1. The van der Waals surface area contributed by atoms with Crippen molar-refractivity contribution >= 4 is 36.0 Å². The zero-order valence-corrected chi connectivity index (χ0v) is 22.1. The molecule has 4 rings (SSSR count). The predicted octanol–water partition coefficient (Wildman–Crippen LogP) is 3.70. The number of imide groups is 2. The second kappa shape index (κ2) is 10.5. The highest BCUT2D eigenvalue weighted by molar-refractivity contribution is 6.13. The molecule has 1 N–H and O–H groups in total. The highest BCUT2D eigenvalue weighted by Crippen LogP contribution is 2.35. The van der Waals surface area contributed by atoms with Gasteiger partial charge in [0, 0.05) is 24.2 Å². The molecule has 36 heavy (non-hydrogen) atoms. The molecule has 0 radical (unpaired) electrons. The monoisotopic (exact) mass is 511 g/mol. The van der Waals surface area contributed by atoms with Crippen LogP contribution in [0.15, 0.2) is 48.5 Å². The minimum Gasteiger partial charge on any atom is -0.317 e. The molecule has 0 fully saturated rings. The lowest BCUT2D eigenvalue weighted by molar-refractivity contribution is -0.135. The second-order valence-electron chi connectivity index (χ2n) is 10.3. The number of benzene rings is 2. The summed E-state index contributed by atoms with van der Waals surface area (Å²) < 4.78 is 0. The Bertz CT molecular complexity index is 1100. The number of hydrogen-bond acceptors (Lipinski definition) is 5. The Balaban J connectivity index is 0.00000361. The quantitative estimate of drug-likeness (QED) is 0.431. The number of amides is 4. The molecule has 2 heterocycles. The fourth-order valence-corrected chi connectivity index (χ4v) is 5.07. The maximum absolute atomic E-state index is 13.0. The van der Waals surface area contributed by atoms with Crippen LogP contribution < -0.4 is 5.32 Å². The minimum atomic E-state index is -0.738. The van der Waals surface area contributed by atoms with Crippen molar-refractivity contribution in [3.63, 3.8) is 0 Å². The molecular formula is C28H34ClN3O4. The van der Waals surface area contributed by atoms with Crippen molar-refractivity contribution < 1.29 is 19.2 Å². The topological polar surface area (TPSA) is 86.8 Å². The number of nitrogens with zero attached hydrogens (tertiary/aromatic N) is 2. The number of carbonyl (C=O) groups is 4. The zero-order valence-electron chi connectivity index (χ0n) is 21.3. The van der Waals surface area contributed by atoms with Crippen LogP contribution in [0.3, 0.4) is 0 Å². The van der Waals surface area contributed by atoms with E-state index in [9.17, 15) is 19.2 Å². The van der Waals surface area contributed by atoms with Gasteiger partial charge in [0.05, 0.1) is 10.8 Å². The molecule has 0 aliphatic carbocycles. The van der Waals surface area contributed by atoms with Crippen LogP contribution in [0.25, 0.3) is 0 Å². The van der Waals surface area contributed by atoms with Crippen LogP contribution in [0.1, 0.15) is 72.4 Å². The van der Waals surface area contributed by atoms with Gasteiger partial charge in [0.2, 0.25) is 11.8 Å². The SMILES string of the molecule is CC1(C)C(=O)N(CCCNCCCN2C(=O)c3ccccc3C(C)(C)C2=O)C(=O)c2ccccc21.Cl. The third-order valence-corrected chi connectivity index (χ3v) is 7.18. The van der Waals surface area contributed by atoms with Crippen LogP contribution >= 0.6 is 12.4 Å². The Morgan fingerprint density at radius 1 is 0.639 bits per heavy atom. The van der Waals surface area contributed by atoms with Gasteiger partial charge in [-0.3, -0.25) is 29.0 Å². The van der Waals surface area contributed by atoms with Crippen LogP contribution in [0, 0.1) is 0 Å². The molecule has 2 aliphatic heterocycles. The Morgan fingerprint density at radius 2 is 1.00 bits per heavy atom. The maximum Gasteiger partial charge on any atom is 0.260 e. The molecule has 0 saturated carbocycles. The fourth-order valence-electron chi connectivity index (χ4n) is 5.07. The van der Waals surface area contributed by atoms with Crippen molar-refractivity contribution in [2.75, 3.05) is 26.2 Å². The molecule has 2 aromatic carbocycles. The maximum atomic E-state index is 13.0. The van der Waals surface area contributed by atoms with Gasteiger partial charge in [0.1, 0.15) is 0 Å². The lowest BCUT2D eigenvalue weighted by Gasteiger charge is -2.37. The van der Waals surface area contributed by atoms with E-state index in [1.807, 2.05) is 64.1 Å². The number of rotatable bonds is 8. The number of carbonyl (C=O) groups excluding carboxylic acids is 4. The van der Waals surface area contributed by atoms with E-state index >= 15 is 0 Å². The summed E-state index contributed by atoms with van der Waals surface area (Å²) in [6.07, 6.45) is 1.25. The average Bonchev–Trinajstić information content (AvgIpc) is 2.85. The molecule has 2 aromatic rings. The number of halogens is 1. The van der Waals surface area contributed by atoms with Crippen LogP contribution in [0.5, 0.6) is 0 Å². The molecule has 0 bridgehead atoms. The van der Waals surface area contributed by atoms with Gasteiger partial charge in [-0.25, -0.2) is 0 Å². The van der Waals surface area contributed by atoms with Crippen molar-refractivity contribution in [1.29, 1.82) is 0 Å². The largest absolute Gasteiger partial charge is 0.317 e. The summed E-state index contributed by atoms with van der Waals surface area (Å²) in [7, 11) is 0. The zero-order chi connectivity index (χ0) is 25.4. The van der Waals surface area contributed by atoms with Crippen molar-refractivity contribution in [3.8, 4) is 0 Å². The van der Waals surface area contributed by atoms with Gasteiger partial charge in [0.15, 0.2) is 0 Å². The molecule has 0 atom stereocenters. The molecule has 2 aliphatic rings. The molecular weight excluding hydrogens is 478 g/mol. The third kappa shape index (κ3) is 4.70. The molecule has 4 amide bonds. The molecule has 0 aromatic heterocycles. The summed E-state index contributed by atoms with van der Waals surface area (Å²) in [6, 6.07) is 14.6. The van der Waals surface area contributed by atoms with Crippen LogP contribution in [0.2, 0.25) is 0 Å².